The van der Waals surface area contributed by atoms with Gasteiger partial charge in [0.2, 0.25) is 0 Å². The monoisotopic (exact) mass is 379 g/mol. The number of aryl methyl sites for hydroxylation is 1. The van der Waals surface area contributed by atoms with E-state index in [1.807, 2.05) is 48.0 Å². The summed E-state index contributed by atoms with van der Waals surface area (Å²) in [6, 6.07) is 13.4. The number of fused-ring (bicyclic) bond motifs is 1. The van der Waals surface area contributed by atoms with E-state index < -0.39 is 0 Å². The number of rotatable bonds is 4. The number of aromatic nitrogens is 4. The first-order valence-corrected chi connectivity index (χ1v) is 9.47. The maximum atomic E-state index is 12.6. The quantitative estimate of drug-likeness (QED) is 0.518. The third-order valence-corrected chi connectivity index (χ3v) is 4.91. The van der Waals surface area contributed by atoms with Gasteiger partial charge in [-0.3, -0.25) is 4.79 Å². The highest BCUT2D eigenvalue weighted by atomic mass is 16.1. The molecule has 0 spiro atoms. The summed E-state index contributed by atoms with van der Waals surface area (Å²) in [7, 11) is 8.37. The number of carbonyl (C=O) groups is 1. The molecule has 0 fully saturated rings. The van der Waals surface area contributed by atoms with Crippen molar-refractivity contribution in [3.8, 4) is 11.4 Å². The minimum Gasteiger partial charge on any atom is -0.332 e. The van der Waals surface area contributed by atoms with Gasteiger partial charge < -0.3 is 9.88 Å². The topological polar surface area (TPSA) is 72.7 Å². The molecule has 4 rings (SSSR count). The molecule has 0 bridgehead atoms. The van der Waals surface area contributed by atoms with Crippen LogP contribution in [-0.4, -0.2) is 49.0 Å². The van der Waals surface area contributed by atoms with Crippen LogP contribution in [0.5, 0.6) is 0 Å². The first kappa shape index (κ1) is 19.0. The first-order valence-electron chi connectivity index (χ1n) is 9.47. The standard InChI is InChI=1S/C20H20B3N5O/c1-28-11-24-10-17(28)15-7-4-13-9-25-18(8-16(13)26-15)27-19(29)12-2-5-14(6-3-12)20(21,22)23/h2-11H,21-23H2,1H3,(H,25,27,29). The molecule has 0 radical (unpaired) electrons. The molecule has 1 amide bonds. The maximum absolute atomic E-state index is 12.6. The van der Waals surface area contributed by atoms with Crippen molar-refractivity contribution in [2.45, 2.75) is 5.11 Å². The van der Waals surface area contributed by atoms with E-state index in [9.17, 15) is 4.79 Å². The van der Waals surface area contributed by atoms with E-state index in [1.54, 1.807) is 24.8 Å². The molecule has 6 nitrogen and oxygen atoms in total. The van der Waals surface area contributed by atoms with Crippen molar-refractivity contribution in [3.63, 3.8) is 0 Å². The molecule has 0 unspecified atom stereocenters. The molecular formula is C20H20B3N5O. The van der Waals surface area contributed by atoms with Crippen molar-refractivity contribution in [2.24, 2.45) is 7.05 Å². The van der Waals surface area contributed by atoms with Crippen LogP contribution in [0.2, 0.25) is 0 Å². The molecule has 0 atom stereocenters. The van der Waals surface area contributed by atoms with Crippen LogP contribution in [0, 0.1) is 0 Å². The van der Waals surface area contributed by atoms with Gasteiger partial charge in [0, 0.05) is 30.3 Å². The SMILES string of the molecule is BC(B)(B)c1ccc(C(=O)Nc2cc3nc(-c4cncn4C)ccc3cn2)cc1. The third-order valence-electron chi connectivity index (χ3n) is 4.91. The van der Waals surface area contributed by atoms with E-state index in [4.69, 9.17) is 4.98 Å². The molecule has 0 aliphatic heterocycles. The van der Waals surface area contributed by atoms with E-state index in [1.165, 1.54) is 5.56 Å². The van der Waals surface area contributed by atoms with Gasteiger partial charge in [0.1, 0.15) is 5.82 Å². The molecule has 4 aromatic rings. The molecular weight excluding hydrogens is 359 g/mol. The number of benzene rings is 1. The van der Waals surface area contributed by atoms with Gasteiger partial charge in [0.05, 0.1) is 53.0 Å². The molecule has 9 heteroatoms. The number of amides is 1. The summed E-state index contributed by atoms with van der Waals surface area (Å²) < 4.78 is 1.92. The van der Waals surface area contributed by atoms with E-state index in [0.717, 1.165) is 22.3 Å². The van der Waals surface area contributed by atoms with E-state index in [0.29, 0.717) is 11.4 Å². The van der Waals surface area contributed by atoms with Gasteiger partial charge in [-0.05, 0) is 24.3 Å². The summed E-state index contributed by atoms with van der Waals surface area (Å²) in [5, 5.41) is 3.82. The number of carbonyl (C=O) groups excluding carboxylic acids is 1. The summed E-state index contributed by atoms with van der Waals surface area (Å²) in [6.07, 6.45) is 5.23. The van der Waals surface area contributed by atoms with Crippen molar-refractivity contribution in [1.29, 1.82) is 0 Å². The van der Waals surface area contributed by atoms with E-state index >= 15 is 0 Å². The summed E-state index contributed by atoms with van der Waals surface area (Å²) in [4.78, 5) is 25.8. The van der Waals surface area contributed by atoms with Gasteiger partial charge in [-0.25, -0.2) is 15.0 Å². The number of imidazole rings is 1. The number of anilines is 1. The zero-order chi connectivity index (χ0) is 20.6. The lowest BCUT2D eigenvalue weighted by Gasteiger charge is -2.18. The molecule has 1 aromatic carbocycles. The van der Waals surface area contributed by atoms with Crippen LogP contribution >= 0.6 is 0 Å². The predicted molar refractivity (Wildman–Crippen MR) is 123 cm³/mol. The van der Waals surface area contributed by atoms with Crippen molar-refractivity contribution < 1.29 is 4.79 Å². The second-order valence-corrected chi connectivity index (χ2v) is 8.13. The van der Waals surface area contributed by atoms with Crippen LogP contribution in [-0.2, 0) is 12.2 Å². The van der Waals surface area contributed by atoms with E-state index in [2.05, 4.69) is 38.8 Å². The van der Waals surface area contributed by atoms with Crippen LogP contribution in [0.3, 0.4) is 0 Å². The molecule has 0 aliphatic rings. The molecule has 0 saturated carbocycles. The summed E-state index contributed by atoms with van der Waals surface area (Å²) in [6.45, 7) is 0. The molecule has 0 aliphatic carbocycles. The number of hydrogen-bond donors (Lipinski definition) is 1. The zero-order valence-electron chi connectivity index (χ0n) is 17.0. The minimum absolute atomic E-state index is 0.0478. The average molecular weight is 379 g/mol. The van der Waals surface area contributed by atoms with Crippen LogP contribution in [0.15, 0.2) is 61.2 Å². The van der Waals surface area contributed by atoms with Gasteiger partial charge in [-0.1, -0.05) is 22.8 Å². The lowest BCUT2D eigenvalue weighted by atomic mass is 9.40. The van der Waals surface area contributed by atoms with Gasteiger partial charge in [-0.2, -0.15) is 0 Å². The smallest absolute Gasteiger partial charge is 0.256 e. The molecule has 140 valence electrons. The molecule has 3 aromatic heterocycles. The molecule has 3 heterocycles. The lowest BCUT2D eigenvalue weighted by Crippen LogP contribution is -2.27. The Kier molecular flexibility index (Phi) is 4.74. The highest BCUT2D eigenvalue weighted by Crippen LogP contribution is 2.22. The minimum atomic E-state index is -0.194. The highest BCUT2D eigenvalue weighted by molar-refractivity contribution is 6.58. The lowest BCUT2D eigenvalue weighted by molar-refractivity contribution is 0.102. The fraction of sp³-hybridized carbons (Fsp3) is 0.100. The Morgan fingerprint density at radius 3 is 2.48 bits per heavy atom. The summed E-state index contributed by atoms with van der Waals surface area (Å²) in [5.74, 6) is 0.275. The average Bonchev–Trinajstić information content (AvgIpc) is 3.13. The fourth-order valence-electron chi connectivity index (χ4n) is 3.14. The molecule has 1 N–H and O–H groups in total. The Morgan fingerprint density at radius 2 is 1.83 bits per heavy atom. The number of pyridine rings is 2. The second kappa shape index (κ2) is 7.24. The first-order chi connectivity index (χ1) is 13.8. The molecule has 0 saturated heterocycles. The van der Waals surface area contributed by atoms with Crippen molar-refractivity contribution in [3.05, 3.63) is 72.3 Å². The fourth-order valence-corrected chi connectivity index (χ4v) is 3.14. The Balaban J connectivity index is 1.59. The maximum Gasteiger partial charge on any atom is 0.256 e. The number of nitrogens with one attached hydrogen (secondary N) is 1. The van der Waals surface area contributed by atoms with Gasteiger partial charge in [0.25, 0.3) is 5.91 Å². The van der Waals surface area contributed by atoms with Gasteiger partial charge in [-0.15, -0.1) is 0 Å². The summed E-state index contributed by atoms with van der Waals surface area (Å²) >= 11 is 0. The highest BCUT2D eigenvalue weighted by Gasteiger charge is 2.15. The van der Waals surface area contributed by atoms with Gasteiger partial charge >= 0.3 is 0 Å². The zero-order valence-corrected chi connectivity index (χ0v) is 17.0. The van der Waals surface area contributed by atoms with Crippen LogP contribution in [0.1, 0.15) is 15.9 Å². The van der Waals surface area contributed by atoms with Crippen LogP contribution < -0.4 is 5.32 Å². The number of hydrogen-bond acceptors (Lipinski definition) is 4. The Labute approximate surface area is 172 Å². The molecule has 29 heavy (non-hydrogen) atoms. The summed E-state index contributed by atoms with van der Waals surface area (Å²) in [5.41, 5.74) is 4.28. The largest absolute Gasteiger partial charge is 0.332 e. The normalized spacial score (nSPS) is 11.5. The van der Waals surface area contributed by atoms with Crippen molar-refractivity contribution in [1.82, 2.24) is 19.5 Å². The Hall–Kier alpha value is -3.35. The van der Waals surface area contributed by atoms with Crippen LogP contribution in [0.4, 0.5) is 5.82 Å². The van der Waals surface area contributed by atoms with Gasteiger partial charge in [0.15, 0.2) is 0 Å². The number of nitrogens with zero attached hydrogens (tertiary/aromatic N) is 4. The van der Waals surface area contributed by atoms with Crippen molar-refractivity contribution in [2.75, 3.05) is 5.32 Å². The van der Waals surface area contributed by atoms with Crippen LogP contribution in [0.25, 0.3) is 22.3 Å². The second-order valence-electron chi connectivity index (χ2n) is 8.13. The Bertz CT molecular complexity index is 1200. The predicted octanol–water partition coefficient (Wildman–Crippen LogP) is 0.292. The van der Waals surface area contributed by atoms with Crippen molar-refractivity contribution >= 4 is 46.2 Å². The Morgan fingerprint density at radius 1 is 1.07 bits per heavy atom. The third kappa shape index (κ3) is 3.94. The van der Waals surface area contributed by atoms with E-state index in [-0.39, 0.29) is 11.0 Å².